The maximum Gasteiger partial charge on any atom is 0.0721 e. The van der Waals surface area contributed by atoms with Gasteiger partial charge in [-0.25, -0.2) is 0 Å². The monoisotopic (exact) mass is 290 g/mol. The molecule has 0 amide bonds. The van der Waals surface area contributed by atoms with Gasteiger partial charge < -0.3 is 15.0 Å². The fourth-order valence-electron chi connectivity index (χ4n) is 2.90. The fraction of sp³-hybridized carbons (Fsp3) is 0.667. The number of aryl methyl sites for hydroxylation is 1. The van der Waals surface area contributed by atoms with Gasteiger partial charge in [-0.2, -0.15) is 0 Å². The van der Waals surface area contributed by atoms with E-state index in [-0.39, 0.29) is 0 Å². The van der Waals surface area contributed by atoms with E-state index < -0.39 is 0 Å². The summed E-state index contributed by atoms with van der Waals surface area (Å²) < 4.78 is 5.74. The lowest BCUT2D eigenvalue weighted by molar-refractivity contribution is 0.0821. The van der Waals surface area contributed by atoms with E-state index in [9.17, 15) is 0 Å². The summed E-state index contributed by atoms with van der Waals surface area (Å²) in [5.41, 5.74) is 4.10. The van der Waals surface area contributed by atoms with Crippen molar-refractivity contribution in [1.29, 1.82) is 0 Å². The summed E-state index contributed by atoms with van der Waals surface area (Å²) in [6.07, 6.45) is 1.43. The second-order valence-electron chi connectivity index (χ2n) is 6.63. The molecule has 0 aromatic heterocycles. The molecule has 1 heterocycles. The highest BCUT2D eigenvalue weighted by molar-refractivity contribution is 5.54. The zero-order chi connectivity index (χ0) is 15.2. The molecular formula is C18H30N2O. The molecule has 0 aliphatic carbocycles. The molecule has 1 aromatic carbocycles. The van der Waals surface area contributed by atoms with Crippen molar-refractivity contribution in [2.45, 2.75) is 46.8 Å². The second-order valence-corrected chi connectivity index (χ2v) is 6.63. The summed E-state index contributed by atoms with van der Waals surface area (Å²) in [7, 11) is 0. The van der Waals surface area contributed by atoms with Gasteiger partial charge in [-0.15, -0.1) is 0 Å². The van der Waals surface area contributed by atoms with Gasteiger partial charge in [0.1, 0.15) is 0 Å². The number of nitrogens with one attached hydrogen (secondary N) is 1. The van der Waals surface area contributed by atoms with Crippen molar-refractivity contribution in [2.24, 2.45) is 5.92 Å². The van der Waals surface area contributed by atoms with Gasteiger partial charge in [0.15, 0.2) is 0 Å². The van der Waals surface area contributed by atoms with Crippen LogP contribution < -0.4 is 10.2 Å². The van der Waals surface area contributed by atoms with Crippen LogP contribution in [0.5, 0.6) is 0 Å². The summed E-state index contributed by atoms with van der Waals surface area (Å²) >= 11 is 0. The summed E-state index contributed by atoms with van der Waals surface area (Å²) in [4.78, 5) is 2.47. The molecule has 0 radical (unpaired) electrons. The van der Waals surface area contributed by atoms with Crippen LogP contribution in [0.25, 0.3) is 0 Å². The first kappa shape index (κ1) is 16.3. The predicted octanol–water partition coefficient (Wildman–Crippen LogP) is 3.36. The molecule has 1 saturated heterocycles. The lowest BCUT2D eigenvalue weighted by Gasteiger charge is -2.26. The molecular weight excluding hydrogens is 260 g/mol. The van der Waals surface area contributed by atoms with E-state index in [2.05, 4.69) is 56.1 Å². The van der Waals surface area contributed by atoms with Gasteiger partial charge in [-0.05, 0) is 49.9 Å². The predicted molar refractivity (Wildman–Crippen MR) is 90.0 cm³/mol. The SMILES string of the molecule is Cc1cc(CNCC(C)C)ccc1N1CCCOC(C)C1. The molecule has 0 saturated carbocycles. The Morgan fingerprint density at radius 1 is 1.38 bits per heavy atom. The second kappa shape index (κ2) is 7.81. The highest BCUT2D eigenvalue weighted by Crippen LogP contribution is 2.23. The van der Waals surface area contributed by atoms with Crippen molar-refractivity contribution in [2.75, 3.05) is 31.1 Å². The molecule has 1 aliphatic heterocycles. The molecule has 1 aromatic rings. The minimum atomic E-state index is 0.319. The maximum absolute atomic E-state index is 5.74. The Hall–Kier alpha value is -1.06. The van der Waals surface area contributed by atoms with E-state index in [1.165, 1.54) is 16.8 Å². The highest BCUT2D eigenvalue weighted by atomic mass is 16.5. The van der Waals surface area contributed by atoms with E-state index in [0.29, 0.717) is 12.0 Å². The first-order chi connectivity index (χ1) is 10.1. The van der Waals surface area contributed by atoms with Crippen molar-refractivity contribution < 1.29 is 4.74 Å². The molecule has 1 atom stereocenters. The normalized spacial score (nSPS) is 19.9. The van der Waals surface area contributed by atoms with E-state index >= 15 is 0 Å². The first-order valence-electron chi connectivity index (χ1n) is 8.23. The maximum atomic E-state index is 5.74. The largest absolute Gasteiger partial charge is 0.377 e. The third-order valence-electron chi connectivity index (χ3n) is 3.94. The first-order valence-corrected chi connectivity index (χ1v) is 8.23. The Bertz CT molecular complexity index is 445. The topological polar surface area (TPSA) is 24.5 Å². The lowest BCUT2D eigenvalue weighted by Crippen LogP contribution is -2.30. The molecule has 118 valence electrons. The standard InChI is InChI=1S/C18H30N2O/c1-14(2)11-19-12-17-6-7-18(15(3)10-17)20-8-5-9-21-16(4)13-20/h6-7,10,14,16,19H,5,8-9,11-13H2,1-4H3. The van der Waals surface area contributed by atoms with Crippen molar-refractivity contribution >= 4 is 5.69 Å². The van der Waals surface area contributed by atoms with Crippen LogP contribution in [-0.2, 0) is 11.3 Å². The Kier molecular flexibility index (Phi) is 6.07. The van der Waals surface area contributed by atoms with Crippen LogP contribution in [-0.4, -0.2) is 32.3 Å². The Morgan fingerprint density at radius 3 is 2.90 bits per heavy atom. The number of benzene rings is 1. The summed E-state index contributed by atoms with van der Waals surface area (Å²) in [6.45, 7) is 13.9. The average molecular weight is 290 g/mol. The average Bonchev–Trinajstić information content (AvgIpc) is 2.63. The lowest BCUT2D eigenvalue weighted by atomic mass is 10.1. The minimum Gasteiger partial charge on any atom is -0.377 e. The zero-order valence-electron chi connectivity index (χ0n) is 14.0. The van der Waals surface area contributed by atoms with E-state index in [0.717, 1.165) is 39.2 Å². The number of hydrogen-bond acceptors (Lipinski definition) is 3. The van der Waals surface area contributed by atoms with E-state index in [1.807, 2.05) is 0 Å². The van der Waals surface area contributed by atoms with Crippen LogP contribution in [0.15, 0.2) is 18.2 Å². The summed E-state index contributed by atoms with van der Waals surface area (Å²) in [6, 6.07) is 6.85. The van der Waals surface area contributed by atoms with E-state index in [1.54, 1.807) is 0 Å². The molecule has 1 fully saturated rings. The van der Waals surface area contributed by atoms with Crippen molar-refractivity contribution in [3.05, 3.63) is 29.3 Å². The summed E-state index contributed by atoms with van der Waals surface area (Å²) in [5.74, 6) is 0.698. The van der Waals surface area contributed by atoms with Gasteiger partial charge in [0.05, 0.1) is 6.10 Å². The van der Waals surface area contributed by atoms with Crippen LogP contribution in [0.2, 0.25) is 0 Å². The van der Waals surface area contributed by atoms with Gasteiger partial charge >= 0.3 is 0 Å². The molecule has 1 unspecified atom stereocenters. The Labute approximate surface area is 129 Å². The molecule has 21 heavy (non-hydrogen) atoms. The Balaban J connectivity index is 2.01. The van der Waals surface area contributed by atoms with Gasteiger partial charge in [0, 0.05) is 31.9 Å². The minimum absolute atomic E-state index is 0.319. The number of hydrogen-bond donors (Lipinski definition) is 1. The number of nitrogens with zero attached hydrogens (tertiary/aromatic N) is 1. The molecule has 3 heteroatoms. The molecule has 2 rings (SSSR count). The molecule has 1 N–H and O–H groups in total. The van der Waals surface area contributed by atoms with Gasteiger partial charge in [-0.3, -0.25) is 0 Å². The fourth-order valence-corrected chi connectivity index (χ4v) is 2.90. The highest BCUT2D eigenvalue weighted by Gasteiger charge is 2.16. The van der Waals surface area contributed by atoms with E-state index in [4.69, 9.17) is 4.74 Å². The molecule has 3 nitrogen and oxygen atoms in total. The molecule has 0 spiro atoms. The quantitative estimate of drug-likeness (QED) is 0.900. The van der Waals surface area contributed by atoms with Gasteiger partial charge in [0.25, 0.3) is 0 Å². The van der Waals surface area contributed by atoms with Crippen LogP contribution in [0.3, 0.4) is 0 Å². The number of ether oxygens (including phenoxy) is 1. The van der Waals surface area contributed by atoms with Gasteiger partial charge in [0.2, 0.25) is 0 Å². The van der Waals surface area contributed by atoms with Crippen molar-refractivity contribution in [3.63, 3.8) is 0 Å². The van der Waals surface area contributed by atoms with Crippen LogP contribution in [0, 0.1) is 12.8 Å². The summed E-state index contributed by atoms with van der Waals surface area (Å²) in [5, 5.41) is 3.51. The molecule has 0 bridgehead atoms. The van der Waals surface area contributed by atoms with Crippen LogP contribution in [0.1, 0.15) is 38.3 Å². The number of rotatable bonds is 5. The number of anilines is 1. The third-order valence-corrected chi connectivity index (χ3v) is 3.94. The van der Waals surface area contributed by atoms with Crippen molar-refractivity contribution in [3.8, 4) is 0 Å². The van der Waals surface area contributed by atoms with Gasteiger partial charge in [-0.1, -0.05) is 26.0 Å². The zero-order valence-corrected chi connectivity index (χ0v) is 14.0. The van der Waals surface area contributed by atoms with Crippen molar-refractivity contribution in [1.82, 2.24) is 5.32 Å². The van der Waals surface area contributed by atoms with Crippen LogP contribution >= 0.6 is 0 Å². The molecule has 1 aliphatic rings. The van der Waals surface area contributed by atoms with Crippen LogP contribution in [0.4, 0.5) is 5.69 Å². The third kappa shape index (κ3) is 5.01. The Morgan fingerprint density at radius 2 is 2.19 bits per heavy atom. The smallest absolute Gasteiger partial charge is 0.0721 e.